The van der Waals surface area contributed by atoms with Gasteiger partial charge < -0.3 is 14.2 Å². The summed E-state index contributed by atoms with van der Waals surface area (Å²) >= 11 is 0. The Morgan fingerprint density at radius 3 is 0.865 bits per heavy atom. The van der Waals surface area contributed by atoms with Crippen molar-refractivity contribution < 1.29 is 28.6 Å². The molecule has 1 atom stereocenters. The van der Waals surface area contributed by atoms with Crippen LogP contribution in [0.2, 0.25) is 0 Å². The van der Waals surface area contributed by atoms with E-state index in [1.807, 2.05) is 0 Å². The summed E-state index contributed by atoms with van der Waals surface area (Å²) in [7, 11) is 0. The van der Waals surface area contributed by atoms with Gasteiger partial charge in [-0.2, -0.15) is 0 Å². The van der Waals surface area contributed by atoms with Gasteiger partial charge in [0.25, 0.3) is 0 Å². The highest BCUT2D eigenvalue weighted by Crippen LogP contribution is 2.16. The third-order valence-corrected chi connectivity index (χ3v) is 13.9. The highest BCUT2D eigenvalue weighted by molar-refractivity contribution is 5.71. The summed E-state index contributed by atoms with van der Waals surface area (Å²) in [5.41, 5.74) is 0. The van der Waals surface area contributed by atoms with Gasteiger partial charge in [0.15, 0.2) is 6.10 Å². The first-order valence-corrected chi connectivity index (χ1v) is 31.9. The third kappa shape index (κ3) is 59.7. The molecule has 0 N–H and O–H groups in total. The van der Waals surface area contributed by atoms with Crippen molar-refractivity contribution in [3.8, 4) is 0 Å². The second-order valence-electron chi connectivity index (χ2n) is 21.3. The zero-order valence-electron chi connectivity index (χ0n) is 49.1. The number of rotatable bonds is 58. The van der Waals surface area contributed by atoms with Crippen molar-refractivity contribution in [3.63, 3.8) is 0 Å². The van der Waals surface area contributed by atoms with Gasteiger partial charge in [-0.3, -0.25) is 14.4 Å². The fraction of sp³-hybridized carbons (Fsp3) is 0.779. The zero-order valence-corrected chi connectivity index (χ0v) is 49.1. The lowest BCUT2D eigenvalue weighted by Gasteiger charge is -2.18. The molecular formula is C68H120O6. The smallest absolute Gasteiger partial charge is 0.306 e. The summed E-state index contributed by atoms with van der Waals surface area (Å²) in [4.78, 5) is 38.2. The number of carbonyl (C=O) groups is 3. The largest absolute Gasteiger partial charge is 0.462 e. The molecule has 74 heavy (non-hydrogen) atoms. The fourth-order valence-corrected chi connectivity index (χ4v) is 9.13. The van der Waals surface area contributed by atoms with E-state index >= 15 is 0 Å². The van der Waals surface area contributed by atoms with Gasteiger partial charge in [0.2, 0.25) is 0 Å². The van der Waals surface area contributed by atoms with E-state index in [-0.39, 0.29) is 31.1 Å². The number of esters is 3. The summed E-state index contributed by atoms with van der Waals surface area (Å²) in [6, 6.07) is 0. The fourth-order valence-electron chi connectivity index (χ4n) is 9.13. The second-order valence-corrected chi connectivity index (χ2v) is 21.3. The first kappa shape index (κ1) is 70.8. The predicted molar refractivity (Wildman–Crippen MR) is 321 cm³/mol. The number of hydrogen-bond donors (Lipinski definition) is 0. The van der Waals surface area contributed by atoms with Crippen LogP contribution in [0.5, 0.6) is 0 Å². The van der Waals surface area contributed by atoms with Crippen LogP contribution in [0.4, 0.5) is 0 Å². The van der Waals surface area contributed by atoms with E-state index in [2.05, 4.69) is 93.7 Å². The maximum absolute atomic E-state index is 12.9. The molecule has 0 aliphatic carbocycles. The van der Waals surface area contributed by atoms with Gasteiger partial charge in [-0.15, -0.1) is 0 Å². The van der Waals surface area contributed by atoms with Crippen molar-refractivity contribution in [1.29, 1.82) is 0 Å². The maximum Gasteiger partial charge on any atom is 0.306 e. The SMILES string of the molecule is CC/C=C\C/C=C\C/C=C\CCCCCC(=O)OCC(COC(=O)CCCCCCCCCCCCCCCCC/C=C\CCCCCCCCCC)OC(=O)CCCCCCC/C=C\C/C=C\CCCCCC. The number of ether oxygens (including phenoxy) is 3. The second kappa shape index (κ2) is 62.4. The van der Waals surface area contributed by atoms with E-state index in [9.17, 15) is 14.4 Å². The number of carbonyl (C=O) groups excluding carboxylic acids is 3. The molecule has 0 fully saturated rings. The van der Waals surface area contributed by atoms with Crippen LogP contribution in [-0.2, 0) is 28.6 Å². The molecule has 0 rings (SSSR count). The molecular weight excluding hydrogens is 913 g/mol. The lowest BCUT2D eigenvalue weighted by Crippen LogP contribution is -2.30. The molecule has 1 unspecified atom stereocenters. The minimum Gasteiger partial charge on any atom is -0.462 e. The van der Waals surface area contributed by atoms with Crippen molar-refractivity contribution in [1.82, 2.24) is 0 Å². The van der Waals surface area contributed by atoms with Crippen LogP contribution >= 0.6 is 0 Å². The Morgan fingerprint density at radius 2 is 0.527 bits per heavy atom. The Balaban J connectivity index is 4.26. The molecule has 6 heteroatoms. The molecule has 0 saturated carbocycles. The van der Waals surface area contributed by atoms with Crippen LogP contribution in [0.3, 0.4) is 0 Å². The average molecular weight is 1030 g/mol. The molecule has 0 aliphatic heterocycles. The minimum atomic E-state index is -0.795. The van der Waals surface area contributed by atoms with Gasteiger partial charge in [0, 0.05) is 19.3 Å². The van der Waals surface area contributed by atoms with Crippen LogP contribution in [0.1, 0.15) is 323 Å². The Morgan fingerprint density at radius 1 is 0.284 bits per heavy atom. The number of allylic oxidation sites excluding steroid dienone is 12. The highest BCUT2D eigenvalue weighted by Gasteiger charge is 2.19. The maximum atomic E-state index is 12.9. The van der Waals surface area contributed by atoms with E-state index in [1.54, 1.807) is 0 Å². The molecule has 6 nitrogen and oxygen atoms in total. The molecule has 0 aromatic carbocycles. The van der Waals surface area contributed by atoms with E-state index in [1.165, 1.54) is 173 Å². The van der Waals surface area contributed by atoms with E-state index < -0.39 is 6.10 Å². The Labute approximate surface area is 459 Å². The average Bonchev–Trinajstić information content (AvgIpc) is 3.40. The normalized spacial score (nSPS) is 12.5. The monoisotopic (exact) mass is 1030 g/mol. The first-order chi connectivity index (χ1) is 36.5. The van der Waals surface area contributed by atoms with E-state index in [0.717, 1.165) is 109 Å². The summed E-state index contributed by atoms with van der Waals surface area (Å²) < 4.78 is 16.9. The lowest BCUT2D eigenvalue weighted by atomic mass is 10.0. The molecule has 0 aliphatic rings. The van der Waals surface area contributed by atoms with Crippen molar-refractivity contribution >= 4 is 17.9 Å². The van der Waals surface area contributed by atoms with Crippen LogP contribution in [-0.4, -0.2) is 37.2 Å². The Kier molecular flexibility index (Phi) is 59.7. The third-order valence-electron chi connectivity index (χ3n) is 13.9. The number of unbranched alkanes of at least 4 members (excludes halogenated alkanes) is 35. The molecule has 0 radical (unpaired) electrons. The van der Waals surface area contributed by atoms with Gasteiger partial charge >= 0.3 is 17.9 Å². The van der Waals surface area contributed by atoms with Gasteiger partial charge in [-0.05, 0) is 109 Å². The topological polar surface area (TPSA) is 78.9 Å². The summed E-state index contributed by atoms with van der Waals surface area (Å²) in [5, 5.41) is 0. The number of hydrogen-bond acceptors (Lipinski definition) is 6. The molecule has 0 amide bonds. The predicted octanol–water partition coefficient (Wildman–Crippen LogP) is 21.7. The van der Waals surface area contributed by atoms with Gasteiger partial charge in [0.05, 0.1) is 0 Å². The van der Waals surface area contributed by atoms with Crippen LogP contribution in [0, 0.1) is 0 Å². The van der Waals surface area contributed by atoms with E-state index in [4.69, 9.17) is 14.2 Å². The molecule has 0 saturated heterocycles. The Bertz CT molecular complexity index is 1370. The van der Waals surface area contributed by atoms with Gasteiger partial charge in [-0.1, -0.05) is 267 Å². The summed E-state index contributed by atoms with van der Waals surface area (Å²) in [5.74, 6) is -0.921. The van der Waals surface area contributed by atoms with E-state index in [0.29, 0.717) is 19.3 Å². The van der Waals surface area contributed by atoms with Crippen molar-refractivity contribution in [2.75, 3.05) is 13.2 Å². The van der Waals surface area contributed by atoms with Gasteiger partial charge in [0.1, 0.15) is 13.2 Å². The van der Waals surface area contributed by atoms with Crippen molar-refractivity contribution in [2.24, 2.45) is 0 Å². The van der Waals surface area contributed by atoms with Crippen molar-refractivity contribution in [3.05, 3.63) is 72.9 Å². The minimum absolute atomic E-state index is 0.0889. The van der Waals surface area contributed by atoms with Gasteiger partial charge in [-0.25, -0.2) is 0 Å². The van der Waals surface area contributed by atoms with Crippen LogP contribution in [0.15, 0.2) is 72.9 Å². The first-order valence-electron chi connectivity index (χ1n) is 31.9. The molecule has 428 valence electrons. The molecule has 0 bridgehead atoms. The summed E-state index contributed by atoms with van der Waals surface area (Å²) in [6.07, 6.45) is 80.7. The van der Waals surface area contributed by atoms with Crippen molar-refractivity contribution in [2.45, 2.75) is 329 Å². The quantitative estimate of drug-likeness (QED) is 0.0261. The lowest BCUT2D eigenvalue weighted by molar-refractivity contribution is -0.167. The highest BCUT2D eigenvalue weighted by atomic mass is 16.6. The molecule has 0 spiro atoms. The molecule has 0 aromatic rings. The zero-order chi connectivity index (χ0) is 53.6. The molecule has 0 heterocycles. The van der Waals surface area contributed by atoms with Crippen LogP contribution < -0.4 is 0 Å². The summed E-state index contributed by atoms with van der Waals surface area (Å²) in [6.45, 7) is 6.50. The standard InChI is InChI=1S/C68H120O6/c1-4-7-10-13-16-19-22-25-27-29-30-31-32-33-34-35-36-37-38-39-41-43-46-49-52-55-58-61-67(70)73-64-65(63-72-66(69)60-57-54-51-48-45-42-24-21-18-15-12-9-6-3)74-68(71)62-59-56-53-50-47-44-40-28-26-23-20-17-14-11-8-5-2/h9,12,18,20-21,23,28-30,40,42,45,65H,4-8,10-11,13-17,19,22,24-27,31-39,41,43-44,46-64H2,1-3H3/b12-9-,21-18-,23-20-,30-29-,40-28-,45-42-. The Hall–Kier alpha value is -3.15. The molecule has 0 aromatic heterocycles. The van der Waals surface area contributed by atoms with Crippen LogP contribution in [0.25, 0.3) is 0 Å².